The van der Waals surface area contributed by atoms with Gasteiger partial charge in [0.25, 0.3) is 0 Å². The van der Waals surface area contributed by atoms with Crippen molar-refractivity contribution in [3.05, 3.63) is 125 Å². The average molecular weight is 499 g/mol. The monoisotopic (exact) mass is 499 g/mol. The first-order valence-electron chi connectivity index (χ1n) is 17.4. The van der Waals surface area contributed by atoms with Crippen molar-refractivity contribution in [1.82, 2.24) is 0 Å². The molecule has 0 aliphatic carbocycles. The molecule has 3 heteroatoms. The van der Waals surface area contributed by atoms with Crippen LogP contribution in [0.4, 0.5) is 0 Å². The second kappa shape index (κ2) is 9.48. The normalized spacial score (nSPS) is 16.9. The molecule has 0 spiro atoms. The lowest BCUT2D eigenvalue weighted by atomic mass is 9.20. The Morgan fingerprint density at radius 3 is 1.55 bits per heavy atom. The summed E-state index contributed by atoms with van der Waals surface area (Å²) in [7, 11) is 1.87. The first-order chi connectivity index (χ1) is 22.0. The molecule has 5 aromatic rings. The SMILES string of the molecule is [2H]C([2H])([2H])c1cccc(C([2H])([2H])[2H])c1B1c2ccccc2B(c2c(C([2H])([2H])[2H])c[n+](C)c(-c3ccccc3C)c2C)c2ccccc21. The van der Waals surface area contributed by atoms with Gasteiger partial charge in [0.15, 0.2) is 6.20 Å². The highest BCUT2D eigenvalue weighted by atomic mass is 14.9. The Morgan fingerprint density at radius 1 is 0.553 bits per heavy atom. The second-order valence-corrected chi connectivity index (χ2v) is 10.2. The molecular formula is C35H34B2N+. The van der Waals surface area contributed by atoms with E-state index in [0.717, 1.165) is 44.2 Å². The Hall–Kier alpha value is -3.84. The number of aromatic nitrogens is 1. The number of rotatable bonds is 3. The number of fused-ring (bicyclic) bond motifs is 2. The van der Waals surface area contributed by atoms with Crippen molar-refractivity contribution in [1.29, 1.82) is 0 Å². The minimum Gasteiger partial charge on any atom is -0.201 e. The van der Waals surface area contributed by atoms with E-state index in [1.165, 1.54) is 18.2 Å². The third-order valence-electron chi connectivity index (χ3n) is 8.04. The van der Waals surface area contributed by atoms with E-state index >= 15 is 0 Å². The maximum absolute atomic E-state index is 8.67. The van der Waals surface area contributed by atoms with E-state index in [9.17, 15) is 0 Å². The topological polar surface area (TPSA) is 3.88 Å². The van der Waals surface area contributed by atoms with Gasteiger partial charge in [-0.2, -0.15) is 0 Å². The van der Waals surface area contributed by atoms with Crippen LogP contribution in [0.15, 0.2) is 97.2 Å². The van der Waals surface area contributed by atoms with Crippen LogP contribution in [0.3, 0.4) is 0 Å². The number of aryl methyl sites for hydroxylation is 5. The molecule has 1 aliphatic heterocycles. The number of pyridine rings is 1. The van der Waals surface area contributed by atoms with Crippen molar-refractivity contribution < 1.29 is 16.9 Å². The van der Waals surface area contributed by atoms with E-state index in [2.05, 4.69) is 0 Å². The fourth-order valence-electron chi connectivity index (χ4n) is 6.43. The van der Waals surface area contributed by atoms with Gasteiger partial charge in [-0.05, 0) is 46.0 Å². The summed E-state index contributed by atoms with van der Waals surface area (Å²) in [6.07, 6.45) is 1.71. The predicted molar refractivity (Wildman–Crippen MR) is 165 cm³/mol. The highest BCUT2D eigenvalue weighted by Gasteiger charge is 2.41. The van der Waals surface area contributed by atoms with E-state index in [4.69, 9.17) is 12.3 Å². The molecule has 0 saturated carbocycles. The second-order valence-electron chi connectivity index (χ2n) is 10.2. The number of nitrogens with zero attached hydrogens (tertiary/aromatic N) is 1. The van der Waals surface area contributed by atoms with Gasteiger partial charge in [0.05, 0.1) is 0 Å². The van der Waals surface area contributed by atoms with Gasteiger partial charge in [-0.3, -0.25) is 0 Å². The molecule has 184 valence electrons. The molecule has 0 bridgehead atoms. The van der Waals surface area contributed by atoms with Gasteiger partial charge in [-0.1, -0.05) is 129 Å². The van der Waals surface area contributed by atoms with Crippen LogP contribution in [-0.2, 0) is 7.05 Å². The summed E-state index contributed by atoms with van der Waals surface area (Å²) in [4.78, 5) is 0. The molecule has 0 N–H and O–H groups in total. The Morgan fingerprint density at radius 2 is 1.03 bits per heavy atom. The zero-order valence-corrected chi connectivity index (χ0v) is 21.8. The Bertz CT molecular complexity index is 1930. The van der Waals surface area contributed by atoms with Crippen LogP contribution in [0.5, 0.6) is 0 Å². The summed E-state index contributed by atoms with van der Waals surface area (Å²) in [5, 5.41) is 0. The smallest absolute Gasteiger partial charge is 0.201 e. The first-order valence-corrected chi connectivity index (χ1v) is 12.9. The zero-order chi connectivity index (χ0) is 34.1. The van der Waals surface area contributed by atoms with Crippen molar-refractivity contribution in [2.24, 2.45) is 7.05 Å². The molecule has 4 aromatic carbocycles. The molecule has 2 heterocycles. The number of hydrogen-bond acceptors (Lipinski definition) is 0. The quantitative estimate of drug-likeness (QED) is 0.261. The highest BCUT2D eigenvalue weighted by Crippen LogP contribution is 2.23. The first kappa shape index (κ1) is 16.2. The molecule has 0 radical (unpaired) electrons. The zero-order valence-electron chi connectivity index (χ0n) is 30.8. The standard InChI is InChI=1S/C35H34B2N/c1-23-14-7-8-17-28(23)35-27(5)34(26(4)22-38(35)6)37-31-20-11-9-18-29(31)36(30-19-10-12-21-32(30)37)33-24(2)15-13-16-25(33)3/h7-22H,1-6H3/q+1/i2D3,3D3,4D3. The van der Waals surface area contributed by atoms with E-state index in [1.54, 1.807) is 6.20 Å². The van der Waals surface area contributed by atoms with Gasteiger partial charge in [0.2, 0.25) is 19.1 Å². The van der Waals surface area contributed by atoms with E-state index < -0.39 is 34.0 Å². The fraction of sp³-hybridized carbons (Fsp3) is 0.171. The molecule has 0 fully saturated rings. The van der Waals surface area contributed by atoms with Crippen molar-refractivity contribution in [2.45, 2.75) is 34.4 Å². The van der Waals surface area contributed by atoms with Crippen LogP contribution < -0.4 is 37.3 Å². The van der Waals surface area contributed by atoms with Crippen molar-refractivity contribution in [3.63, 3.8) is 0 Å². The maximum atomic E-state index is 8.67. The molecule has 0 atom stereocenters. The van der Waals surface area contributed by atoms with E-state index in [0.29, 0.717) is 5.46 Å². The van der Waals surface area contributed by atoms with Crippen LogP contribution in [0.2, 0.25) is 0 Å². The average Bonchev–Trinajstić information content (AvgIpc) is 2.99. The lowest BCUT2D eigenvalue weighted by molar-refractivity contribution is -0.660. The van der Waals surface area contributed by atoms with Gasteiger partial charge >= 0.3 is 0 Å². The minimum absolute atomic E-state index is 0.00730. The summed E-state index contributed by atoms with van der Waals surface area (Å²) >= 11 is 0. The van der Waals surface area contributed by atoms with E-state index in [1.807, 2.05) is 98.3 Å². The third-order valence-corrected chi connectivity index (χ3v) is 8.04. The molecule has 1 aromatic heterocycles. The maximum Gasteiger partial charge on any atom is 0.241 e. The van der Waals surface area contributed by atoms with Gasteiger partial charge < -0.3 is 0 Å². The summed E-state index contributed by atoms with van der Waals surface area (Å²) < 4.78 is 78.5. The van der Waals surface area contributed by atoms with E-state index in [-0.39, 0.29) is 22.2 Å². The van der Waals surface area contributed by atoms with Crippen LogP contribution in [0.1, 0.15) is 40.2 Å². The minimum atomic E-state index is -2.57. The van der Waals surface area contributed by atoms with Gasteiger partial charge in [0, 0.05) is 29.0 Å². The Kier molecular flexibility index (Phi) is 4.04. The predicted octanol–water partition coefficient (Wildman–Crippen LogP) is 3.07. The summed E-state index contributed by atoms with van der Waals surface area (Å²) in [5.41, 5.74) is 8.04. The number of benzene rings is 4. The van der Waals surface area contributed by atoms with Crippen LogP contribution >= 0.6 is 0 Å². The van der Waals surface area contributed by atoms with Gasteiger partial charge in [0.1, 0.15) is 7.05 Å². The van der Waals surface area contributed by atoms with Crippen molar-refractivity contribution in [3.8, 4) is 11.3 Å². The molecule has 0 amide bonds. The molecule has 1 nitrogen and oxygen atoms in total. The molecule has 38 heavy (non-hydrogen) atoms. The largest absolute Gasteiger partial charge is 0.241 e. The molecule has 1 aliphatic rings. The fourth-order valence-corrected chi connectivity index (χ4v) is 6.43. The molecular weight excluding hydrogens is 456 g/mol. The third kappa shape index (κ3) is 3.76. The summed E-state index contributed by atoms with van der Waals surface area (Å²) in [5.74, 6) is 0. The lowest BCUT2D eigenvalue weighted by Crippen LogP contribution is -2.76. The molecule has 6 rings (SSSR count). The lowest BCUT2D eigenvalue weighted by Gasteiger charge is -2.34. The number of hydrogen-bond donors (Lipinski definition) is 0. The Balaban J connectivity index is 1.74. The van der Waals surface area contributed by atoms with Crippen LogP contribution in [0.25, 0.3) is 11.3 Å². The van der Waals surface area contributed by atoms with Crippen molar-refractivity contribution in [2.75, 3.05) is 0 Å². The van der Waals surface area contributed by atoms with Crippen LogP contribution in [-0.4, -0.2) is 13.4 Å². The highest BCUT2D eigenvalue weighted by molar-refractivity contribution is 7.11. The van der Waals surface area contributed by atoms with Crippen LogP contribution in [0, 0.1) is 34.4 Å². The van der Waals surface area contributed by atoms with Crippen molar-refractivity contribution >= 4 is 46.2 Å². The summed E-state index contributed by atoms with van der Waals surface area (Å²) in [6, 6.07) is 27.8. The van der Waals surface area contributed by atoms with Gasteiger partial charge in [-0.25, -0.2) is 4.57 Å². The molecule has 0 unspecified atom stereocenters. The molecule has 0 saturated heterocycles. The van der Waals surface area contributed by atoms with Gasteiger partial charge in [-0.15, -0.1) is 0 Å². The summed E-state index contributed by atoms with van der Waals surface area (Å²) in [6.45, 7) is -4.80. The Labute approximate surface area is 241 Å².